The van der Waals surface area contributed by atoms with Gasteiger partial charge < -0.3 is 4.74 Å². The molecule has 2 aromatic heterocycles. The largest absolute Gasteiger partial charge is 0.456 e. The smallest absolute Gasteiger partial charge is 0.160 e. The molecule has 0 aliphatic carbocycles. The van der Waals surface area contributed by atoms with Gasteiger partial charge in [-0.3, -0.25) is 4.98 Å². The van der Waals surface area contributed by atoms with Gasteiger partial charge in [-0.05, 0) is 100 Å². The number of para-hydroxylation sites is 1. The van der Waals surface area contributed by atoms with Crippen molar-refractivity contribution in [3.05, 3.63) is 199 Å². The van der Waals surface area contributed by atoms with Crippen LogP contribution in [0.25, 0.3) is 83.6 Å². The van der Waals surface area contributed by atoms with Crippen molar-refractivity contribution in [2.75, 3.05) is 0 Å². The van der Waals surface area contributed by atoms with Crippen molar-refractivity contribution < 1.29 is 4.74 Å². The molecule has 0 N–H and O–H groups in total. The molecule has 56 heavy (non-hydrogen) atoms. The highest BCUT2D eigenvalue weighted by Crippen LogP contribution is 2.43. The van der Waals surface area contributed by atoms with Crippen LogP contribution in [-0.2, 0) is 6.42 Å². The number of fused-ring (bicyclic) bond motifs is 3. The van der Waals surface area contributed by atoms with Gasteiger partial charge in [0.25, 0.3) is 0 Å². The first-order valence-corrected chi connectivity index (χ1v) is 19.1. The lowest BCUT2D eigenvalue weighted by Gasteiger charge is -2.18. The molecule has 0 amide bonds. The lowest BCUT2D eigenvalue weighted by atomic mass is 9.88. The predicted octanol–water partition coefficient (Wildman–Crippen LogP) is 13.3. The summed E-state index contributed by atoms with van der Waals surface area (Å²) in [4.78, 5) is 14.9. The van der Waals surface area contributed by atoms with E-state index in [1.807, 2.05) is 42.6 Å². The number of nitrogens with zero attached hydrogens (tertiary/aromatic N) is 3. The van der Waals surface area contributed by atoms with Crippen LogP contribution in [0, 0.1) is 0 Å². The van der Waals surface area contributed by atoms with Gasteiger partial charge in [0.1, 0.15) is 11.5 Å². The monoisotopic (exact) mass is 719 g/mol. The molecular formula is C52H37N3O. The van der Waals surface area contributed by atoms with Gasteiger partial charge in [0.05, 0.1) is 16.9 Å². The van der Waals surface area contributed by atoms with Gasteiger partial charge in [0, 0.05) is 33.8 Å². The third kappa shape index (κ3) is 6.21. The number of aryl methyl sites for hydroxylation is 1. The van der Waals surface area contributed by atoms with Crippen molar-refractivity contribution in [2.45, 2.75) is 19.8 Å². The van der Waals surface area contributed by atoms with Crippen LogP contribution >= 0.6 is 0 Å². The van der Waals surface area contributed by atoms with Crippen molar-refractivity contribution >= 4 is 27.4 Å². The highest BCUT2D eigenvalue weighted by Gasteiger charge is 2.21. The molecule has 0 unspecified atom stereocenters. The van der Waals surface area contributed by atoms with Gasteiger partial charge in [-0.25, -0.2) is 9.97 Å². The van der Waals surface area contributed by atoms with E-state index in [4.69, 9.17) is 14.7 Å². The number of rotatable bonds is 6. The summed E-state index contributed by atoms with van der Waals surface area (Å²) in [5.41, 5.74) is 13.9. The molecular weight excluding hydrogens is 683 g/mol. The van der Waals surface area contributed by atoms with Crippen molar-refractivity contribution in [3.8, 4) is 61.9 Å². The van der Waals surface area contributed by atoms with Gasteiger partial charge in [-0.1, -0.05) is 140 Å². The van der Waals surface area contributed by atoms with E-state index in [9.17, 15) is 0 Å². The molecule has 4 heteroatoms. The molecule has 10 rings (SSSR count). The Bertz CT molecular complexity index is 2950. The number of pyridine rings is 1. The lowest BCUT2D eigenvalue weighted by molar-refractivity contribution is 0.510. The zero-order valence-electron chi connectivity index (χ0n) is 31.0. The van der Waals surface area contributed by atoms with Crippen molar-refractivity contribution in [1.29, 1.82) is 0 Å². The van der Waals surface area contributed by atoms with Gasteiger partial charge in [0.15, 0.2) is 5.82 Å². The first-order valence-electron chi connectivity index (χ1n) is 19.1. The van der Waals surface area contributed by atoms with Crippen LogP contribution in [0.3, 0.4) is 0 Å². The average molecular weight is 720 g/mol. The Hall–Kier alpha value is -7.17. The topological polar surface area (TPSA) is 47.9 Å². The number of aromatic nitrogens is 3. The summed E-state index contributed by atoms with van der Waals surface area (Å²) < 4.78 is 6.97. The first-order chi connectivity index (χ1) is 27.7. The van der Waals surface area contributed by atoms with Crippen LogP contribution in [0.1, 0.15) is 24.5 Å². The molecule has 0 saturated carbocycles. The number of hydrogen-bond donors (Lipinski definition) is 0. The SMILES string of the molecule is CC1=C(c2cccc(-c3ccccn3)c2)Oc2cc(-c3c(-c4cccc(-c5nc(-c6ccccc6)c6ccccc6n5)c4)ccc4ccccc34)ccc2CC1. The van der Waals surface area contributed by atoms with E-state index in [1.54, 1.807) is 0 Å². The van der Waals surface area contributed by atoms with Crippen LogP contribution in [0.15, 0.2) is 188 Å². The summed E-state index contributed by atoms with van der Waals surface area (Å²) in [6.45, 7) is 2.19. The van der Waals surface area contributed by atoms with Gasteiger partial charge in [0.2, 0.25) is 0 Å². The Morgan fingerprint density at radius 2 is 1.23 bits per heavy atom. The van der Waals surface area contributed by atoms with E-state index in [1.165, 1.54) is 27.5 Å². The van der Waals surface area contributed by atoms with E-state index in [-0.39, 0.29) is 0 Å². The van der Waals surface area contributed by atoms with Gasteiger partial charge >= 0.3 is 0 Å². The van der Waals surface area contributed by atoms with Crippen molar-refractivity contribution in [2.24, 2.45) is 0 Å². The van der Waals surface area contributed by atoms with E-state index in [0.29, 0.717) is 5.82 Å². The fourth-order valence-corrected chi connectivity index (χ4v) is 7.97. The molecule has 1 aliphatic heterocycles. The Kier molecular flexibility index (Phi) is 8.49. The average Bonchev–Trinajstić information content (AvgIpc) is 3.44. The molecule has 9 aromatic rings. The first kappa shape index (κ1) is 33.4. The highest BCUT2D eigenvalue weighted by molar-refractivity contribution is 6.04. The van der Waals surface area contributed by atoms with E-state index in [2.05, 4.69) is 151 Å². The summed E-state index contributed by atoms with van der Waals surface area (Å²) in [5.74, 6) is 2.50. The summed E-state index contributed by atoms with van der Waals surface area (Å²) in [6, 6.07) is 61.7. The molecule has 1 aliphatic rings. The van der Waals surface area contributed by atoms with E-state index in [0.717, 1.165) is 85.6 Å². The Balaban J connectivity index is 1.08. The van der Waals surface area contributed by atoms with Crippen LogP contribution in [0.5, 0.6) is 5.75 Å². The fourth-order valence-electron chi connectivity index (χ4n) is 7.97. The molecule has 3 heterocycles. The number of allylic oxidation sites excluding steroid dienone is 1. The van der Waals surface area contributed by atoms with Crippen LogP contribution in [0.4, 0.5) is 0 Å². The normalized spacial score (nSPS) is 12.7. The molecule has 0 spiro atoms. The standard InChI is InChI=1S/C52H37N3O/c1-34-24-25-36-26-27-40(33-48(36)56-51(34)41-18-12-17-39(32-41)46-22-9-10-30-53-46)49-43-20-6-5-13-35(43)28-29-44(49)38-16-11-19-42(31-38)52-54-47-23-8-7-21-45(47)50(55-52)37-14-3-2-4-15-37/h2-23,26-33H,24-25H2,1H3. The van der Waals surface area contributed by atoms with Crippen molar-refractivity contribution in [3.63, 3.8) is 0 Å². The maximum atomic E-state index is 6.97. The molecule has 266 valence electrons. The maximum absolute atomic E-state index is 6.97. The zero-order valence-corrected chi connectivity index (χ0v) is 31.0. The molecule has 7 aromatic carbocycles. The Morgan fingerprint density at radius 3 is 2.11 bits per heavy atom. The summed E-state index contributed by atoms with van der Waals surface area (Å²) in [7, 11) is 0. The maximum Gasteiger partial charge on any atom is 0.160 e. The molecule has 0 atom stereocenters. The second-order valence-corrected chi connectivity index (χ2v) is 14.4. The number of hydrogen-bond acceptors (Lipinski definition) is 4. The summed E-state index contributed by atoms with van der Waals surface area (Å²) >= 11 is 0. The minimum atomic E-state index is 0.701. The quantitative estimate of drug-likeness (QED) is 0.172. The zero-order chi connectivity index (χ0) is 37.4. The summed E-state index contributed by atoms with van der Waals surface area (Å²) in [6.07, 6.45) is 3.67. The second-order valence-electron chi connectivity index (χ2n) is 14.4. The minimum absolute atomic E-state index is 0.701. The lowest BCUT2D eigenvalue weighted by Crippen LogP contribution is -1.99. The summed E-state index contributed by atoms with van der Waals surface area (Å²) in [5, 5.41) is 3.41. The number of benzene rings is 7. The van der Waals surface area contributed by atoms with Crippen LogP contribution in [-0.4, -0.2) is 15.0 Å². The van der Waals surface area contributed by atoms with Gasteiger partial charge in [-0.15, -0.1) is 0 Å². The molecule has 4 nitrogen and oxygen atoms in total. The second kappa shape index (κ2) is 14.2. The number of ether oxygens (including phenoxy) is 1. The third-order valence-corrected chi connectivity index (χ3v) is 10.8. The molecule has 0 bridgehead atoms. The molecule has 0 saturated heterocycles. The minimum Gasteiger partial charge on any atom is -0.456 e. The predicted molar refractivity (Wildman–Crippen MR) is 230 cm³/mol. The van der Waals surface area contributed by atoms with Gasteiger partial charge in [-0.2, -0.15) is 0 Å². The van der Waals surface area contributed by atoms with Crippen LogP contribution in [0.2, 0.25) is 0 Å². The molecule has 0 radical (unpaired) electrons. The third-order valence-electron chi connectivity index (χ3n) is 10.8. The fraction of sp³-hybridized carbons (Fsp3) is 0.0577. The highest BCUT2D eigenvalue weighted by atomic mass is 16.5. The Labute approximate surface area is 326 Å². The van der Waals surface area contributed by atoms with E-state index >= 15 is 0 Å². The Morgan fingerprint density at radius 1 is 0.500 bits per heavy atom. The van der Waals surface area contributed by atoms with E-state index < -0.39 is 0 Å². The van der Waals surface area contributed by atoms with Crippen molar-refractivity contribution in [1.82, 2.24) is 15.0 Å². The molecule has 0 fully saturated rings. The van der Waals surface area contributed by atoms with Crippen LogP contribution < -0.4 is 4.74 Å².